The molecule has 3 heterocycles. The second kappa shape index (κ2) is 7.17. The minimum absolute atomic E-state index is 0.101. The van der Waals surface area contributed by atoms with Gasteiger partial charge in [0.2, 0.25) is 0 Å². The first-order valence-electron chi connectivity index (χ1n) is 8.82. The lowest BCUT2D eigenvalue weighted by Crippen LogP contribution is -2.25. The Morgan fingerprint density at radius 3 is 2.85 bits per heavy atom. The molecular formula is C18H19N7O2. The number of rotatable bonds is 5. The maximum Gasteiger partial charge on any atom is 0.269 e. The largest absolute Gasteiger partial charge is 0.364 e. The smallest absolute Gasteiger partial charge is 0.269 e. The molecule has 0 atom stereocenters. The number of amides is 1. The molecule has 0 aromatic carbocycles. The van der Waals surface area contributed by atoms with Crippen LogP contribution in [0.3, 0.4) is 0 Å². The number of carbonyl (C=O) groups is 1. The number of hydrogen-bond acceptors (Lipinski definition) is 6. The highest BCUT2D eigenvalue weighted by Gasteiger charge is 2.26. The van der Waals surface area contributed by atoms with Crippen LogP contribution in [0.1, 0.15) is 42.2 Å². The monoisotopic (exact) mass is 365 g/mol. The molecule has 1 aliphatic rings. The van der Waals surface area contributed by atoms with Gasteiger partial charge in [0, 0.05) is 17.8 Å². The Balaban J connectivity index is 1.67. The van der Waals surface area contributed by atoms with Crippen LogP contribution in [0.25, 0.3) is 16.7 Å². The Hall–Kier alpha value is -3.25. The van der Waals surface area contributed by atoms with Crippen molar-refractivity contribution in [2.75, 3.05) is 6.61 Å². The zero-order chi connectivity index (χ0) is 18.8. The summed E-state index contributed by atoms with van der Waals surface area (Å²) in [5, 5.41) is 14.0. The number of nitriles is 1. The zero-order valence-corrected chi connectivity index (χ0v) is 14.7. The van der Waals surface area contributed by atoms with E-state index in [0.717, 1.165) is 31.1 Å². The lowest BCUT2D eigenvalue weighted by Gasteiger charge is -2.28. The van der Waals surface area contributed by atoms with E-state index in [4.69, 9.17) is 15.7 Å². The number of imidazole rings is 1. The molecule has 1 saturated carbocycles. The highest BCUT2D eigenvalue weighted by molar-refractivity contribution is 6.03. The van der Waals surface area contributed by atoms with E-state index in [1.54, 1.807) is 29.5 Å². The minimum Gasteiger partial charge on any atom is -0.364 e. The molecule has 0 unspecified atom stereocenters. The van der Waals surface area contributed by atoms with E-state index in [-0.39, 0.29) is 24.4 Å². The van der Waals surface area contributed by atoms with E-state index in [9.17, 15) is 4.79 Å². The lowest BCUT2D eigenvalue weighted by molar-refractivity contribution is 0.0375. The van der Waals surface area contributed by atoms with Crippen molar-refractivity contribution in [2.45, 2.75) is 37.8 Å². The Labute approximate surface area is 155 Å². The van der Waals surface area contributed by atoms with Crippen LogP contribution in [0, 0.1) is 11.3 Å². The first kappa shape index (κ1) is 17.2. The standard InChI is InChI=1S/C18H19N7O2/c19-5-8-27-14-3-1-13(2-4-14)25-17-12(10-22-25)9-15(23-16(17)18(20)26)24-7-6-21-11-24/h6-7,9-11,13-14H,1-4,8H2,(H2,20,26). The molecule has 4 rings (SSSR count). The molecule has 0 bridgehead atoms. The van der Waals surface area contributed by atoms with E-state index in [0.29, 0.717) is 11.3 Å². The number of primary amides is 1. The number of fused-ring (bicyclic) bond motifs is 1. The summed E-state index contributed by atoms with van der Waals surface area (Å²) in [6.07, 6.45) is 10.3. The Bertz CT molecular complexity index is 995. The summed E-state index contributed by atoms with van der Waals surface area (Å²) < 4.78 is 9.10. The van der Waals surface area contributed by atoms with Crippen molar-refractivity contribution >= 4 is 16.8 Å². The number of pyridine rings is 1. The molecule has 0 aliphatic heterocycles. The molecule has 3 aromatic heterocycles. The van der Waals surface area contributed by atoms with Gasteiger partial charge in [0.25, 0.3) is 5.91 Å². The average molecular weight is 365 g/mol. The van der Waals surface area contributed by atoms with Crippen molar-refractivity contribution < 1.29 is 9.53 Å². The molecule has 1 amide bonds. The third kappa shape index (κ3) is 3.27. The average Bonchev–Trinajstić information content (AvgIpc) is 3.35. The lowest BCUT2D eigenvalue weighted by atomic mass is 9.93. The zero-order valence-electron chi connectivity index (χ0n) is 14.7. The Morgan fingerprint density at radius 2 is 2.19 bits per heavy atom. The molecule has 1 aliphatic carbocycles. The molecule has 9 heteroatoms. The summed E-state index contributed by atoms with van der Waals surface area (Å²) in [5.41, 5.74) is 6.48. The van der Waals surface area contributed by atoms with Crippen molar-refractivity contribution in [1.82, 2.24) is 24.3 Å². The van der Waals surface area contributed by atoms with Crippen molar-refractivity contribution in [3.05, 3.63) is 36.7 Å². The van der Waals surface area contributed by atoms with Crippen LogP contribution in [-0.2, 0) is 4.74 Å². The van der Waals surface area contributed by atoms with Gasteiger partial charge in [-0.25, -0.2) is 9.97 Å². The SMILES string of the molecule is N#CCOC1CCC(n2ncc3cc(-n4ccnc4)nc(C(N)=O)c32)CC1. The molecule has 3 aromatic rings. The number of nitrogens with two attached hydrogens (primary N) is 1. The van der Waals surface area contributed by atoms with Gasteiger partial charge in [0.15, 0.2) is 5.69 Å². The Kier molecular flexibility index (Phi) is 4.56. The van der Waals surface area contributed by atoms with Gasteiger partial charge < -0.3 is 10.5 Å². The normalized spacial score (nSPS) is 19.8. The van der Waals surface area contributed by atoms with Crippen molar-refractivity contribution in [3.63, 3.8) is 0 Å². The molecule has 0 spiro atoms. The molecule has 138 valence electrons. The molecule has 27 heavy (non-hydrogen) atoms. The van der Waals surface area contributed by atoms with Crippen molar-refractivity contribution in [2.24, 2.45) is 5.73 Å². The maximum atomic E-state index is 12.1. The van der Waals surface area contributed by atoms with Crippen molar-refractivity contribution in [1.29, 1.82) is 5.26 Å². The van der Waals surface area contributed by atoms with Gasteiger partial charge in [-0.1, -0.05) is 0 Å². The highest BCUT2D eigenvalue weighted by Crippen LogP contribution is 2.33. The fraction of sp³-hybridized carbons (Fsp3) is 0.389. The Morgan fingerprint density at radius 1 is 1.37 bits per heavy atom. The molecule has 1 fully saturated rings. The van der Waals surface area contributed by atoms with Crippen LogP contribution < -0.4 is 5.73 Å². The van der Waals surface area contributed by atoms with Gasteiger partial charge in [0.05, 0.1) is 24.4 Å². The molecular weight excluding hydrogens is 346 g/mol. The fourth-order valence-electron chi connectivity index (χ4n) is 3.65. The number of hydrogen-bond donors (Lipinski definition) is 1. The summed E-state index contributed by atoms with van der Waals surface area (Å²) in [6.45, 7) is 0.118. The molecule has 9 nitrogen and oxygen atoms in total. The van der Waals surface area contributed by atoms with Gasteiger partial charge in [-0.15, -0.1) is 0 Å². The van der Waals surface area contributed by atoms with E-state index in [1.807, 2.05) is 16.8 Å². The quantitative estimate of drug-likeness (QED) is 0.734. The van der Waals surface area contributed by atoms with Crippen LogP contribution in [0.15, 0.2) is 31.0 Å². The minimum atomic E-state index is -0.588. The van der Waals surface area contributed by atoms with Crippen LogP contribution >= 0.6 is 0 Å². The van der Waals surface area contributed by atoms with Crippen LogP contribution in [0.5, 0.6) is 0 Å². The summed E-state index contributed by atoms with van der Waals surface area (Å²) >= 11 is 0. The van der Waals surface area contributed by atoms with Gasteiger partial charge in [0.1, 0.15) is 24.3 Å². The summed E-state index contributed by atoms with van der Waals surface area (Å²) in [4.78, 5) is 20.6. The van der Waals surface area contributed by atoms with Crippen LogP contribution in [0.4, 0.5) is 0 Å². The first-order chi connectivity index (χ1) is 13.2. The number of carbonyl (C=O) groups excluding carboxylic acids is 1. The third-order valence-electron chi connectivity index (χ3n) is 4.93. The molecule has 0 saturated heterocycles. The van der Waals surface area contributed by atoms with E-state index >= 15 is 0 Å². The van der Waals surface area contributed by atoms with Crippen LogP contribution in [0.2, 0.25) is 0 Å². The first-order valence-corrected chi connectivity index (χ1v) is 8.82. The fourth-order valence-corrected chi connectivity index (χ4v) is 3.65. The maximum absolute atomic E-state index is 12.1. The van der Waals surface area contributed by atoms with E-state index in [1.165, 1.54) is 0 Å². The summed E-state index contributed by atoms with van der Waals surface area (Å²) in [6, 6.07) is 4.02. The number of ether oxygens (including phenoxy) is 1. The highest BCUT2D eigenvalue weighted by atomic mass is 16.5. The van der Waals surface area contributed by atoms with E-state index < -0.39 is 5.91 Å². The van der Waals surface area contributed by atoms with Crippen LogP contribution in [-0.4, -0.2) is 42.9 Å². The van der Waals surface area contributed by atoms with Crippen molar-refractivity contribution in [3.8, 4) is 11.9 Å². The third-order valence-corrected chi connectivity index (χ3v) is 4.93. The topological polar surface area (TPSA) is 125 Å². The summed E-state index contributed by atoms with van der Waals surface area (Å²) in [5.74, 6) is -0.0169. The second-order valence-corrected chi connectivity index (χ2v) is 6.59. The van der Waals surface area contributed by atoms with Gasteiger partial charge in [-0.3, -0.25) is 14.0 Å². The van der Waals surface area contributed by atoms with Gasteiger partial charge in [-0.05, 0) is 31.7 Å². The van der Waals surface area contributed by atoms with Gasteiger partial charge >= 0.3 is 0 Å². The number of aromatic nitrogens is 5. The predicted octanol–water partition coefficient (Wildman–Crippen LogP) is 1.74. The molecule has 0 radical (unpaired) electrons. The second-order valence-electron chi connectivity index (χ2n) is 6.59. The van der Waals surface area contributed by atoms with E-state index in [2.05, 4.69) is 15.1 Å². The van der Waals surface area contributed by atoms with Gasteiger partial charge in [-0.2, -0.15) is 10.4 Å². The predicted molar refractivity (Wildman–Crippen MR) is 96.0 cm³/mol. The molecule has 2 N–H and O–H groups in total. The summed E-state index contributed by atoms with van der Waals surface area (Å²) in [7, 11) is 0. The number of nitrogens with zero attached hydrogens (tertiary/aromatic N) is 6.